The van der Waals surface area contributed by atoms with Crippen LogP contribution in [-0.4, -0.2) is 69.8 Å². The molecule has 4 aliphatic heterocycles. The number of aromatic nitrogens is 3. The highest BCUT2D eigenvalue weighted by Gasteiger charge is 2.52. The smallest absolute Gasteiger partial charge is 0.319 e. The van der Waals surface area contributed by atoms with E-state index in [9.17, 15) is 0 Å². The summed E-state index contributed by atoms with van der Waals surface area (Å²) in [6, 6.07) is 0.601. The fourth-order valence-corrected chi connectivity index (χ4v) is 6.97. The number of nitrogens with one attached hydrogen (secondary N) is 1. The van der Waals surface area contributed by atoms with E-state index in [4.69, 9.17) is 21.3 Å². The molecule has 2 atom stereocenters. The second-order valence-electron chi connectivity index (χ2n) is 11.8. The predicted octanol–water partition coefficient (Wildman–Crippen LogP) is 4.18. The van der Waals surface area contributed by atoms with E-state index in [0.29, 0.717) is 23.9 Å². The standard InChI is InChI=1S/C25H34ClFN6O/c1-23(2,3)25-9-6-16(31-25)13-32(14-25)21-17-12-28-20(26)18(27)19(17)29-22(30-21)34-15-24-7-4-10-33(24)11-5-8-24/h12,16,31H,4-11,13-15H2,1-3H3/t16-,25-/m0/s1. The zero-order chi connectivity index (χ0) is 23.7. The minimum atomic E-state index is -0.613. The fourth-order valence-electron chi connectivity index (χ4n) is 6.83. The molecule has 0 aromatic carbocycles. The van der Waals surface area contributed by atoms with Crippen molar-refractivity contribution in [3.05, 3.63) is 17.2 Å². The molecular weight excluding hydrogens is 455 g/mol. The lowest BCUT2D eigenvalue weighted by Crippen LogP contribution is -2.65. The Morgan fingerprint density at radius 2 is 1.97 bits per heavy atom. The SMILES string of the molecule is CC(C)(C)[C@]12CC[C@@H](CN(c3nc(OCC45CCCN4CCC5)nc4c(F)c(Cl)ncc34)C1)N2. The van der Waals surface area contributed by atoms with Crippen LogP contribution in [0.2, 0.25) is 5.15 Å². The third kappa shape index (κ3) is 3.47. The molecule has 0 radical (unpaired) electrons. The number of anilines is 1. The van der Waals surface area contributed by atoms with Gasteiger partial charge in [-0.25, -0.2) is 9.37 Å². The second-order valence-corrected chi connectivity index (χ2v) is 12.1. The molecule has 0 saturated carbocycles. The number of pyridine rings is 1. The van der Waals surface area contributed by atoms with Crippen molar-refractivity contribution in [1.29, 1.82) is 0 Å². The van der Waals surface area contributed by atoms with Crippen molar-refractivity contribution in [2.45, 2.75) is 76.4 Å². The molecule has 4 saturated heterocycles. The zero-order valence-electron chi connectivity index (χ0n) is 20.3. The monoisotopic (exact) mass is 488 g/mol. The molecule has 0 spiro atoms. The second kappa shape index (κ2) is 7.87. The number of rotatable bonds is 4. The number of halogens is 2. The highest BCUT2D eigenvalue weighted by Crippen LogP contribution is 2.44. The fraction of sp³-hybridized carbons (Fsp3) is 0.720. The molecule has 6 heterocycles. The van der Waals surface area contributed by atoms with Crippen molar-refractivity contribution in [2.75, 3.05) is 37.7 Å². The van der Waals surface area contributed by atoms with Crippen LogP contribution in [0.25, 0.3) is 10.9 Å². The van der Waals surface area contributed by atoms with Crippen molar-refractivity contribution in [2.24, 2.45) is 5.41 Å². The maximum absolute atomic E-state index is 15.1. The maximum atomic E-state index is 15.1. The highest BCUT2D eigenvalue weighted by molar-refractivity contribution is 6.30. The average Bonchev–Trinajstić information content (AvgIpc) is 3.47. The van der Waals surface area contributed by atoms with Gasteiger partial charge in [-0.05, 0) is 57.0 Å². The number of piperazine rings is 1. The van der Waals surface area contributed by atoms with E-state index in [2.05, 4.69) is 45.9 Å². The summed E-state index contributed by atoms with van der Waals surface area (Å²) in [5.74, 6) is 0.0788. The van der Waals surface area contributed by atoms with Crippen molar-refractivity contribution >= 4 is 28.3 Å². The normalized spacial score (nSPS) is 28.6. The maximum Gasteiger partial charge on any atom is 0.319 e. The van der Waals surface area contributed by atoms with Gasteiger partial charge < -0.3 is 15.0 Å². The summed E-state index contributed by atoms with van der Waals surface area (Å²) in [6.45, 7) is 11.2. The first-order chi connectivity index (χ1) is 16.2. The van der Waals surface area contributed by atoms with E-state index in [1.54, 1.807) is 6.20 Å². The minimum Gasteiger partial charge on any atom is -0.461 e. The molecule has 0 aliphatic carbocycles. The van der Waals surface area contributed by atoms with Crippen LogP contribution in [0.5, 0.6) is 6.01 Å². The Labute approximate surface area is 205 Å². The third-order valence-electron chi connectivity index (χ3n) is 8.92. The van der Waals surface area contributed by atoms with Crippen LogP contribution in [0.4, 0.5) is 10.2 Å². The van der Waals surface area contributed by atoms with E-state index < -0.39 is 5.82 Å². The van der Waals surface area contributed by atoms with Gasteiger partial charge in [0.25, 0.3) is 0 Å². The van der Waals surface area contributed by atoms with Crippen LogP contribution in [0.3, 0.4) is 0 Å². The first-order valence-corrected chi connectivity index (χ1v) is 13.0. The molecule has 1 N–H and O–H groups in total. The average molecular weight is 489 g/mol. The Morgan fingerprint density at radius 1 is 1.21 bits per heavy atom. The van der Waals surface area contributed by atoms with Crippen LogP contribution in [0.15, 0.2) is 6.20 Å². The van der Waals surface area contributed by atoms with Crippen LogP contribution >= 0.6 is 11.6 Å². The van der Waals surface area contributed by atoms with Gasteiger partial charge in [0.05, 0.1) is 10.9 Å². The van der Waals surface area contributed by atoms with Gasteiger partial charge in [-0.2, -0.15) is 9.97 Å². The van der Waals surface area contributed by atoms with Crippen molar-refractivity contribution < 1.29 is 9.13 Å². The van der Waals surface area contributed by atoms with Gasteiger partial charge in [0.1, 0.15) is 17.9 Å². The topological polar surface area (TPSA) is 66.4 Å². The van der Waals surface area contributed by atoms with Crippen LogP contribution in [0, 0.1) is 11.2 Å². The first-order valence-electron chi connectivity index (χ1n) is 12.6. The van der Waals surface area contributed by atoms with Gasteiger partial charge in [-0.3, -0.25) is 4.90 Å². The molecule has 7 nitrogen and oxygen atoms in total. The summed E-state index contributed by atoms with van der Waals surface area (Å²) in [5.41, 5.74) is 0.294. The molecule has 2 aromatic rings. The lowest BCUT2D eigenvalue weighted by molar-refractivity contribution is 0.107. The van der Waals surface area contributed by atoms with Crippen molar-refractivity contribution in [3.8, 4) is 6.01 Å². The van der Waals surface area contributed by atoms with Crippen LogP contribution in [0.1, 0.15) is 59.3 Å². The molecule has 9 heteroatoms. The van der Waals surface area contributed by atoms with Gasteiger partial charge in [0.15, 0.2) is 11.0 Å². The summed E-state index contributed by atoms with van der Waals surface area (Å²) < 4.78 is 21.4. The van der Waals surface area contributed by atoms with Gasteiger partial charge in [-0.15, -0.1) is 0 Å². The Balaban J connectivity index is 1.38. The Hall–Kier alpha value is -1.77. The lowest BCUT2D eigenvalue weighted by Gasteiger charge is -2.49. The number of ether oxygens (including phenoxy) is 1. The summed E-state index contributed by atoms with van der Waals surface area (Å²) in [5, 5.41) is 4.29. The van der Waals surface area contributed by atoms with E-state index in [-0.39, 0.29) is 33.2 Å². The summed E-state index contributed by atoms with van der Waals surface area (Å²) >= 11 is 6.05. The molecule has 4 fully saturated rings. The Morgan fingerprint density at radius 3 is 2.71 bits per heavy atom. The number of nitrogens with zero attached hydrogens (tertiary/aromatic N) is 5. The van der Waals surface area contributed by atoms with Gasteiger partial charge >= 0.3 is 6.01 Å². The molecule has 0 amide bonds. The summed E-state index contributed by atoms with van der Waals surface area (Å²) in [7, 11) is 0. The van der Waals surface area contributed by atoms with E-state index in [0.717, 1.165) is 51.9 Å². The minimum absolute atomic E-state index is 0.0280. The number of hydrogen-bond acceptors (Lipinski definition) is 7. The molecule has 184 valence electrons. The summed E-state index contributed by atoms with van der Waals surface area (Å²) in [6.07, 6.45) is 8.48. The highest BCUT2D eigenvalue weighted by atomic mass is 35.5. The Bertz CT molecular complexity index is 1110. The molecule has 2 aromatic heterocycles. The van der Waals surface area contributed by atoms with Crippen molar-refractivity contribution in [3.63, 3.8) is 0 Å². The molecule has 4 aliphatic rings. The molecule has 34 heavy (non-hydrogen) atoms. The predicted molar refractivity (Wildman–Crippen MR) is 131 cm³/mol. The van der Waals surface area contributed by atoms with Gasteiger partial charge in [0.2, 0.25) is 0 Å². The van der Waals surface area contributed by atoms with Crippen molar-refractivity contribution in [1.82, 2.24) is 25.2 Å². The van der Waals surface area contributed by atoms with E-state index >= 15 is 4.39 Å². The Kier molecular flexibility index (Phi) is 5.25. The third-order valence-corrected chi connectivity index (χ3v) is 9.18. The molecular formula is C25H34ClFN6O. The molecule has 6 rings (SSSR count). The number of fused-ring (bicyclic) bond motifs is 4. The molecule has 0 unspecified atom stereocenters. The van der Waals surface area contributed by atoms with Crippen LogP contribution in [-0.2, 0) is 0 Å². The van der Waals surface area contributed by atoms with E-state index in [1.807, 2.05) is 0 Å². The van der Waals surface area contributed by atoms with E-state index in [1.165, 1.54) is 12.8 Å². The first kappa shape index (κ1) is 22.7. The number of hydrogen-bond donors (Lipinski definition) is 1. The largest absolute Gasteiger partial charge is 0.461 e. The summed E-state index contributed by atoms with van der Waals surface area (Å²) in [4.78, 5) is 18.3. The molecule has 2 bridgehead atoms. The quantitative estimate of drug-likeness (QED) is 0.647. The van der Waals surface area contributed by atoms with Gasteiger partial charge in [0, 0.05) is 30.9 Å². The van der Waals surface area contributed by atoms with Gasteiger partial charge in [-0.1, -0.05) is 32.4 Å². The zero-order valence-corrected chi connectivity index (χ0v) is 21.1. The lowest BCUT2D eigenvalue weighted by atomic mass is 9.72. The van der Waals surface area contributed by atoms with Crippen LogP contribution < -0.4 is 15.0 Å².